The van der Waals surface area contributed by atoms with Gasteiger partial charge in [-0.25, -0.2) is 8.42 Å². The number of benzene rings is 1. The highest BCUT2D eigenvalue weighted by Crippen LogP contribution is 2.27. The molecule has 0 atom stereocenters. The molecule has 0 fully saturated rings. The summed E-state index contributed by atoms with van der Waals surface area (Å²) in [5.41, 5.74) is 0. The summed E-state index contributed by atoms with van der Waals surface area (Å²) in [6.07, 6.45) is 1.60. The molecule has 1 aromatic rings. The van der Waals surface area contributed by atoms with E-state index in [-0.39, 0.29) is 4.90 Å². The maximum atomic E-state index is 12.4. The molecule has 3 nitrogen and oxygen atoms in total. The van der Waals surface area contributed by atoms with Gasteiger partial charge in [0.2, 0.25) is 10.0 Å². The molecular weight excluding hydrogens is 338 g/mol. The highest BCUT2D eigenvalue weighted by atomic mass is 79.9. The van der Waals surface area contributed by atoms with Crippen LogP contribution in [0.1, 0.15) is 26.7 Å². The Labute approximate surface area is 122 Å². The molecule has 1 rings (SSSR count). The Hall–Kier alpha value is -0.100. The van der Waals surface area contributed by atoms with Gasteiger partial charge in [-0.3, -0.25) is 0 Å². The van der Waals surface area contributed by atoms with Crippen molar-refractivity contribution in [1.29, 1.82) is 0 Å². The Bertz CT molecular complexity index is 499. The Morgan fingerprint density at radius 1 is 1.22 bits per heavy atom. The van der Waals surface area contributed by atoms with Crippen molar-refractivity contribution < 1.29 is 8.42 Å². The normalized spacial score (nSPS) is 12.1. The molecule has 0 spiro atoms. The summed E-state index contributed by atoms with van der Waals surface area (Å²) < 4.78 is 27.0. The van der Waals surface area contributed by atoms with Crippen LogP contribution in [0.3, 0.4) is 0 Å². The van der Waals surface area contributed by atoms with E-state index >= 15 is 0 Å². The highest BCUT2D eigenvalue weighted by molar-refractivity contribution is 9.10. The SMILES string of the molecule is CCCN(CCC)S(=O)(=O)c1ccc(Cl)c(Br)c1. The van der Waals surface area contributed by atoms with E-state index in [1.807, 2.05) is 13.8 Å². The molecule has 102 valence electrons. The third-order valence-corrected chi connectivity index (χ3v) is 5.58. The minimum atomic E-state index is -3.42. The van der Waals surface area contributed by atoms with Gasteiger partial charge < -0.3 is 0 Å². The molecule has 0 aliphatic rings. The fourth-order valence-electron chi connectivity index (χ4n) is 1.64. The second kappa shape index (κ2) is 6.89. The summed E-state index contributed by atoms with van der Waals surface area (Å²) in [6.45, 7) is 5.01. The Morgan fingerprint density at radius 3 is 2.22 bits per heavy atom. The molecule has 0 saturated heterocycles. The standard InChI is InChI=1S/C12H17BrClNO2S/c1-3-7-15(8-4-2)18(16,17)10-5-6-12(14)11(13)9-10/h5-6,9H,3-4,7-8H2,1-2H3. The van der Waals surface area contributed by atoms with E-state index in [0.29, 0.717) is 22.6 Å². The van der Waals surface area contributed by atoms with Crippen LogP contribution in [-0.4, -0.2) is 25.8 Å². The second-order valence-corrected chi connectivity index (χ2v) is 7.18. The topological polar surface area (TPSA) is 37.4 Å². The van der Waals surface area contributed by atoms with Crippen LogP contribution in [0.25, 0.3) is 0 Å². The van der Waals surface area contributed by atoms with Crippen molar-refractivity contribution in [1.82, 2.24) is 4.31 Å². The first-order valence-electron chi connectivity index (χ1n) is 5.88. The lowest BCUT2D eigenvalue weighted by Crippen LogP contribution is -2.32. The third kappa shape index (κ3) is 3.70. The number of halogens is 2. The first kappa shape index (κ1) is 16.0. The minimum Gasteiger partial charge on any atom is -0.207 e. The second-order valence-electron chi connectivity index (χ2n) is 3.98. The van der Waals surface area contributed by atoms with Crippen molar-refractivity contribution in [2.24, 2.45) is 0 Å². The molecular formula is C12H17BrClNO2S. The zero-order valence-corrected chi connectivity index (χ0v) is 13.6. The monoisotopic (exact) mass is 353 g/mol. The molecule has 0 N–H and O–H groups in total. The number of rotatable bonds is 6. The average Bonchev–Trinajstić information content (AvgIpc) is 2.32. The predicted octanol–water partition coefficient (Wildman–Crippen LogP) is 3.91. The lowest BCUT2D eigenvalue weighted by molar-refractivity contribution is 0.410. The van der Waals surface area contributed by atoms with E-state index in [2.05, 4.69) is 15.9 Å². The van der Waals surface area contributed by atoms with Crippen LogP contribution in [0.15, 0.2) is 27.6 Å². The van der Waals surface area contributed by atoms with Gasteiger partial charge in [0.05, 0.1) is 9.92 Å². The van der Waals surface area contributed by atoms with Crippen LogP contribution < -0.4 is 0 Å². The van der Waals surface area contributed by atoms with Crippen LogP contribution >= 0.6 is 27.5 Å². The van der Waals surface area contributed by atoms with Crippen LogP contribution in [0.4, 0.5) is 0 Å². The Balaban J connectivity index is 3.13. The zero-order chi connectivity index (χ0) is 13.8. The van der Waals surface area contributed by atoms with Gasteiger partial charge in [-0.2, -0.15) is 4.31 Å². The van der Waals surface area contributed by atoms with Crippen LogP contribution in [-0.2, 0) is 10.0 Å². The van der Waals surface area contributed by atoms with Gasteiger partial charge in [-0.1, -0.05) is 25.4 Å². The summed E-state index contributed by atoms with van der Waals surface area (Å²) in [5.74, 6) is 0. The van der Waals surface area contributed by atoms with Gasteiger partial charge in [0.15, 0.2) is 0 Å². The van der Waals surface area contributed by atoms with Crippen LogP contribution in [0.2, 0.25) is 5.02 Å². The summed E-state index contributed by atoms with van der Waals surface area (Å²) in [4.78, 5) is 0.278. The Kier molecular flexibility index (Phi) is 6.11. The van der Waals surface area contributed by atoms with Gasteiger partial charge in [0.1, 0.15) is 0 Å². The number of nitrogens with zero attached hydrogens (tertiary/aromatic N) is 1. The molecule has 0 saturated carbocycles. The lowest BCUT2D eigenvalue weighted by Gasteiger charge is -2.21. The first-order valence-corrected chi connectivity index (χ1v) is 8.49. The highest BCUT2D eigenvalue weighted by Gasteiger charge is 2.23. The summed E-state index contributed by atoms with van der Waals surface area (Å²) in [7, 11) is -3.42. The molecule has 0 aromatic heterocycles. The molecule has 0 unspecified atom stereocenters. The molecule has 1 aromatic carbocycles. The molecule has 18 heavy (non-hydrogen) atoms. The van der Waals surface area contributed by atoms with E-state index < -0.39 is 10.0 Å². The van der Waals surface area contributed by atoms with Gasteiger partial charge in [-0.05, 0) is 47.0 Å². The largest absolute Gasteiger partial charge is 0.243 e. The van der Waals surface area contributed by atoms with Crippen molar-refractivity contribution in [2.45, 2.75) is 31.6 Å². The third-order valence-electron chi connectivity index (χ3n) is 2.47. The molecule has 6 heteroatoms. The lowest BCUT2D eigenvalue weighted by atomic mass is 10.4. The van der Waals surface area contributed by atoms with Gasteiger partial charge >= 0.3 is 0 Å². The molecule has 0 aliphatic heterocycles. The van der Waals surface area contributed by atoms with Crippen molar-refractivity contribution in [3.63, 3.8) is 0 Å². The van der Waals surface area contributed by atoms with Crippen molar-refractivity contribution >= 4 is 37.6 Å². The zero-order valence-electron chi connectivity index (χ0n) is 10.5. The number of hydrogen-bond donors (Lipinski definition) is 0. The number of hydrogen-bond acceptors (Lipinski definition) is 2. The molecule has 0 heterocycles. The molecule has 0 aliphatic carbocycles. The fourth-order valence-corrected chi connectivity index (χ4v) is 3.94. The maximum Gasteiger partial charge on any atom is 0.243 e. The van der Waals surface area contributed by atoms with Crippen molar-refractivity contribution in [3.05, 3.63) is 27.7 Å². The molecule has 0 amide bonds. The van der Waals surface area contributed by atoms with E-state index in [9.17, 15) is 8.42 Å². The fraction of sp³-hybridized carbons (Fsp3) is 0.500. The predicted molar refractivity (Wildman–Crippen MR) is 78.5 cm³/mol. The Morgan fingerprint density at radius 2 is 1.78 bits per heavy atom. The van der Waals surface area contributed by atoms with E-state index in [0.717, 1.165) is 12.8 Å². The maximum absolute atomic E-state index is 12.4. The van der Waals surface area contributed by atoms with Crippen molar-refractivity contribution in [2.75, 3.05) is 13.1 Å². The van der Waals surface area contributed by atoms with Gasteiger partial charge in [-0.15, -0.1) is 0 Å². The van der Waals surface area contributed by atoms with E-state index in [1.165, 1.54) is 4.31 Å². The average molecular weight is 355 g/mol. The van der Waals surface area contributed by atoms with E-state index in [1.54, 1.807) is 18.2 Å². The van der Waals surface area contributed by atoms with Crippen LogP contribution in [0.5, 0.6) is 0 Å². The van der Waals surface area contributed by atoms with Gasteiger partial charge in [0.25, 0.3) is 0 Å². The summed E-state index contributed by atoms with van der Waals surface area (Å²) in [6, 6.07) is 4.69. The summed E-state index contributed by atoms with van der Waals surface area (Å²) in [5, 5.41) is 0.506. The van der Waals surface area contributed by atoms with Crippen LogP contribution in [0, 0.1) is 0 Å². The quantitative estimate of drug-likeness (QED) is 0.776. The number of sulfonamides is 1. The van der Waals surface area contributed by atoms with Crippen molar-refractivity contribution in [3.8, 4) is 0 Å². The first-order chi connectivity index (χ1) is 8.43. The smallest absolute Gasteiger partial charge is 0.207 e. The molecule has 0 bridgehead atoms. The van der Waals surface area contributed by atoms with Gasteiger partial charge in [0, 0.05) is 17.6 Å². The van der Waals surface area contributed by atoms with E-state index in [4.69, 9.17) is 11.6 Å². The molecule has 0 radical (unpaired) electrons. The summed E-state index contributed by atoms with van der Waals surface area (Å²) >= 11 is 9.13. The minimum absolute atomic E-state index is 0.278.